The van der Waals surface area contributed by atoms with Crippen LogP contribution in [0.3, 0.4) is 0 Å². The van der Waals surface area contributed by atoms with Crippen molar-refractivity contribution in [2.24, 2.45) is 5.73 Å². The number of nitrogens with two attached hydrogens (primary N) is 1. The number of carbonyl (C=O) groups excluding carboxylic acids is 2. The van der Waals surface area contributed by atoms with Crippen molar-refractivity contribution in [1.29, 1.82) is 0 Å². The van der Waals surface area contributed by atoms with E-state index in [-0.39, 0.29) is 23.1 Å². The normalized spacial score (nSPS) is 11.1. The fraction of sp³-hybridized carbons (Fsp3) is 0.0833. The number of hydrogen-bond acceptors (Lipinski definition) is 4. The number of benzene rings is 1. The molecule has 0 bridgehead atoms. The van der Waals surface area contributed by atoms with Gasteiger partial charge in [-0.15, -0.1) is 0 Å². The third-order valence-electron chi connectivity index (χ3n) is 2.52. The van der Waals surface area contributed by atoms with Gasteiger partial charge < -0.3 is 5.32 Å². The topological polar surface area (TPSA) is 129 Å². The Morgan fingerprint density at radius 3 is 2.74 bits per heavy atom. The third-order valence-corrected chi connectivity index (χ3v) is 3.07. The first kappa shape index (κ1) is 16.7. The Morgan fingerprint density at radius 2 is 2.09 bits per heavy atom. The summed E-state index contributed by atoms with van der Waals surface area (Å²) >= 11 is 11.6. The second-order valence-electron chi connectivity index (χ2n) is 4.28. The predicted molar refractivity (Wildman–Crippen MR) is 83.4 cm³/mol. The van der Waals surface area contributed by atoms with E-state index in [1.54, 1.807) is 0 Å². The van der Waals surface area contributed by atoms with Crippen molar-refractivity contribution in [2.45, 2.75) is 6.54 Å². The van der Waals surface area contributed by atoms with Crippen LogP contribution in [0.1, 0.15) is 0 Å². The monoisotopic (exact) mass is 356 g/mol. The van der Waals surface area contributed by atoms with Crippen LogP contribution < -0.4 is 21.6 Å². The number of nitrogens with one attached hydrogen (secondary N) is 3. The lowest BCUT2D eigenvalue weighted by Crippen LogP contribution is -2.87. The zero-order valence-electron chi connectivity index (χ0n) is 11.6. The van der Waals surface area contributed by atoms with Gasteiger partial charge in [0.2, 0.25) is 0 Å². The molecule has 9 nitrogen and oxygen atoms in total. The average molecular weight is 357 g/mol. The van der Waals surface area contributed by atoms with Gasteiger partial charge in [-0.3, -0.25) is 15.3 Å². The van der Waals surface area contributed by atoms with Crippen LogP contribution in [0, 0.1) is 0 Å². The molecule has 0 aliphatic carbocycles. The number of anilines is 1. The highest BCUT2D eigenvalue weighted by atomic mass is 35.5. The molecule has 0 radical (unpaired) electrons. The molecule has 2 amide bonds. The minimum Gasteiger partial charge on any atom is -0.316 e. The lowest BCUT2D eigenvalue weighted by atomic mass is 10.3. The van der Waals surface area contributed by atoms with Crippen molar-refractivity contribution >= 4 is 46.5 Å². The van der Waals surface area contributed by atoms with E-state index in [1.807, 2.05) is 0 Å². The Bertz CT molecular complexity index is 746. The molecule has 11 heteroatoms. The number of aromatic nitrogens is 3. The van der Waals surface area contributed by atoms with Gasteiger partial charge in [-0.25, -0.2) is 9.67 Å². The molecule has 0 saturated carbocycles. The van der Waals surface area contributed by atoms with E-state index >= 15 is 0 Å². The molecule has 0 unspecified atom stereocenters. The van der Waals surface area contributed by atoms with Gasteiger partial charge in [0.05, 0.1) is 10.7 Å². The summed E-state index contributed by atoms with van der Waals surface area (Å²) in [5, 5.41) is 9.21. The number of rotatable bonds is 4. The first-order chi connectivity index (χ1) is 11.0. The van der Waals surface area contributed by atoms with Crippen molar-refractivity contribution in [3.05, 3.63) is 40.9 Å². The molecule has 1 heterocycles. The highest BCUT2D eigenvalue weighted by Crippen LogP contribution is 2.25. The number of halogens is 2. The summed E-state index contributed by atoms with van der Waals surface area (Å²) in [6.45, 7) is 0.172. The summed E-state index contributed by atoms with van der Waals surface area (Å²) < 4.78 is 1.43. The molecular formula is C12H12Cl2N7O2+. The molecule has 0 spiro atoms. The molecule has 0 fully saturated rings. The summed E-state index contributed by atoms with van der Waals surface area (Å²) in [4.78, 5) is 27.2. The SMILES string of the molecule is NC(Cn1cncn1)=[NH+]NC(=O)C(=O)Nc1ccc(Cl)cc1Cl. The molecule has 1 aromatic heterocycles. The fourth-order valence-electron chi connectivity index (χ4n) is 1.49. The maximum Gasteiger partial charge on any atom is 0.344 e. The Balaban J connectivity index is 1.90. The minimum absolute atomic E-state index is 0.168. The average Bonchev–Trinajstić information content (AvgIpc) is 3.00. The number of hydrazone groups is 1. The lowest BCUT2D eigenvalue weighted by molar-refractivity contribution is -0.512. The maximum atomic E-state index is 11.7. The van der Waals surface area contributed by atoms with E-state index in [0.717, 1.165) is 0 Å². The second-order valence-corrected chi connectivity index (χ2v) is 5.12. The summed E-state index contributed by atoms with van der Waals surface area (Å²) in [5.41, 5.74) is 8.05. The zero-order valence-corrected chi connectivity index (χ0v) is 13.1. The van der Waals surface area contributed by atoms with Crippen LogP contribution in [0.25, 0.3) is 0 Å². The zero-order chi connectivity index (χ0) is 16.8. The molecule has 0 aliphatic heterocycles. The molecular weight excluding hydrogens is 345 g/mol. The van der Waals surface area contributed by atoms with Gasteiger partial charge in [-0.1, -0.05) is 23.2 Å². The smallest absolute Gasteiger partial charge is 0.316 e. The fourth-order valence-corrected chi connectivity index (χ4v) is 1.95. The summed E-state index contributed by atoms with van der Waals surface area (Å²) in [6.07, 6.45) is 2.79. The molecule has 23 heavy (non-hydrogen) atoms. The van der Waals surface area contributed by atoms with Crippen molar-refractivity contribution in [1.82, 2.24) is 20.2 Å². The van der Waals surface area contributed by atoms with Gasteiger partial charge >= 0.3 is 11.8 Å². The van der Waals surface area contributed by atoms with Crippen LogP contribution in [0.4, 0.5) is 5.69 Å². The number of nitrogens with zero attached hydrogens (tertiary/aromatic N) is 3. The molecule has 2 rings (SSSR count). The summed E-state index contributed by atoms with van der Waals surface area (Å²) in [7, 11) is 0. The highest BCUT2D eigenvalue weighted by molar-refractivity contribution is 6.41. The second kappa shape index (κ2) is 7.56. The largest absolute Gasteiger partial charge is 0.344 e. The number of hydrogen-bond donors (Lipinski definition) is 4. The van der Waals surface area contributed by atoms with Gasteiger partial charge in [-0.2, -0.15) is 15.6 Å². The summed E-state index contributed by atoms with van der Waals surface area (Å²) in [5.74, 6) is -1.70. The van der Waals surface area contributed by atoms with Crippen LogP contribution in [-0.4, -0.2) is 32.4 Å². The van der Waals surface area contributed by atoms with Crippen molar-refractivity contribution in [3.8, 4) is 0 Å². The first-order valence-electron chi connectivity index (χ1n) is 6.22. The number of hydrazine groups is 1. The van der Waals surface area contributed by atoms with Crippen molar-refractivity contribution in [3.63, 3.8) is 0 Å². The van der Waals surface area contributed by atoms with E-state index in [4.69, 9.17) is 28.9 Å². The highest BCUT2D eigenvalue weighted by Gasteiger charge is 2.16. The van der Waals surface area contributed by atoms with Crippen LogP contribution in [0.5, 0.6) is 0 Å². The molecule has 5 N–H and O–H groups in total. The number of amidine groups is 1. The number of carbonyl (C=O) groups is 2. The van der Waals surface area contributed by atoms with Crippen LogP contribution in [0.2, 0.25) is 10.0 Å². The standard InChI is InChI=1S/C12H11Cl2N7O2/c13-7-1-2-9(8(14)3-7)18-11(22)12(23)20-19-10(15)4-21-6-16-5-17-21/h1-3,5-6H,4H2,(H2,15,19)(H,18,22)(H,20,23)/p+1. The molecule has 1 aromatic carbocycles. The van der Waals surface area contributed by atoms with Gasteiger partial charge in [0.15, 0.2) is 0 Å². The van der Waals surface area contributed by atoms with Crippen molar-refractivity contribution in [2.75, 3.05) is 5.32 Å². The maximum absolute atomic E-state index is 11.7. The molecule has 0 saturated heterocycles. The Kier molecular flexibility index (Phi) is 5.50. The van der Waals surface area contributed by atoms with Crippen molar-refractivity contribution < 1.29 is 14.7 Å². The molecule has 0 atom stereocenters. The Hall–Kier alpha value is -2.65. The van der Waals surface area contributed by atoms with Crippen LogP contribution in [0.15, 0.2) is 30.9 Å². The van der Waals surface area contributed by atoms with E-state index in [1.165, 1.54) is 35.5 Å². The van der Waals surface area contributed by atoms with Gasteiger partial charge in [-0.05, 0) is 18.2 Å². The third kappa shape index (κ3) is 4.94. The van der Waals surface area contributed by atoms with Gasteiger partial charge in [0, 0.05) is 5.02 Å². The van der Waals surface area contributed by atoms with E-state index < -0.39 is 11.8 Å². The Morgan fingerprint density at radius 1 is 1.30 bits per heavy atom. The molecule has 120 valence electrons. The van der Waals surface area contributed by atoms with Crippen LogP contribution in [-0.2, 0) is 16.1 Å². The van der Waals surface area contributed by atoms with E-state index in [0.29, 0.717) is 5.02 Å². The predicted octanol–water partition coefficient (Wildman–Crippen LogP) is -1.31. The lowest BCUT2D eigenvalue weighted by Gasteiger charge is -2.06. The van der Waals surface area contributed by atoms with Gasteiger partial charge in [0.25, 0.3) is 5.84 Å². The minimum atomic E-state index is -0.947. The van der Waals surface area contributed by atoms with Gasteiger partial charge in [0.1, 0.15) is 19.2 Å². The van der Waals surface area contributed by atoms with E-state index in [2.05, 4.69) is 25.9 Å². The van der Waals surface area contributed by atoms with E-state index in [9.17, 15) is 9.59 Å². The first-order valence-corrected chi connectivity index (χ1v) is 6.97. The number of amides is 2. The molecule has 0 aliphatic rings. The Labute approximate surface area is 140 Å². The molecule has 2 aromatic rings. The quantitative estimate of drug-likeness (QED) is 0.234. The summed E-state index contributed by atoms with van der Waals surface area (Å²) in [6, 6.07) is 4.45. The van der Waals surface area contributed by atoms with Crippen LogP contribution >= 0.6 is 23.2 Å².